The van der Waals surface area contributed by atoms with Gasteiger partial charge in [-0.3, -0.25) is 4.79 Å². The Morgan fingerprint density at radius 1 is 1.50 bits per heavy atom. The third-order valence-electron chi connectivity index (χ3n) is 3.03. The Bertz CT molecular complexity index is 618. The van der Waals surface area contributed by atoms with Gasteiger partial charge in [0, 0.05) is 25.8 Å². The summed E-state index contributed by atoms with van der Waals surface area (Å²) in [5.74, 6) is -0.0160. The molecule has 2 aromatic rings. The molecule has 0 atom stereocenters. The van der Waals surface area contributed by atoms with Crippen LogP contribution in [0.25, 0.3) is 0 Å². The average molecular weight is 356 g/mol. The minimum absolute atomic E-state index is 0.0160. The first-order valence-electron chi connectivity index (χ1n) is 6.34. The minimum atomic E-state index is -0.0160. The number of halogens is 1. The third-order valence-corrected chi connectivity index (χ3v) is 4.59. The van der Waals surface area contributed by atoms with E-state index < -0.39 is 0 Å². The van der Waals surface area contributed by atoms with E-state index in [-0.39, 0.29) is 11.9 Å². The van der Waals surface area contributed by atoms with E-state index in [1.807, 2.05) is 43.1 Å². The van der Waals surface area contributed by atoms with Crippen LogP contribution in [0.4, 0.5) is 5.69 Å². The monoisotopic (exact) mass is 355 g/mol. The molecule has 4 nitrogen and oxygen atoms in total. The smallest absolute Gasteiger partial charge is 0.270 e. The van der Waals surface area contributed by atoms with Crippen molar-refractivity contribution in [2.45, 2.75) is 26.4 Å². The van der Waals surface area contributed by atoms with Crippen molar-refractivity contribution in [3.63, 3.8) is 0 Å². The second-order valence-corrected chi connectivity index (χ2v) is 7.37. The molecule has 2 rings (SSSR count). The van der Waals surface area contributed by atoms with Crippen LogP contribution in [0.3, 0.4) is 0 Å². The van der Waals surface area contributed by atoms with Crippen LogP contribution in [-0.2, 0) is 6.54 Å². The molecule has 0 aliphatic carbocycles. The highest BCUT2D eigenvalue weighted by molar-refractivity contribution is 9.11. The summed E-state index contributed by atoms with van der Waals surface area (Å²) in [5.41, 5.74) is 8.19. The maximum Gasteiger partial charge on any atom is 0.270 e. The largest absolute Gasteiger partial charge is 0.397 e. The number of carbonyl (C=O) groups is 1. The summed E-state index contributed by atoms with van der Waals surface area (Å²) in [6, 6.07) is 3.97. The number of nitrogens with zero attached hydrogens (tertiary/aromatic N) is 2. The number of thiophene rings is 1. The maximum absolute atomic E-state index is 12.5. The molecule has 0 radical (unpaired) electrons. The molecule has 2 aromatic heterocycles. The van der Waals surface area contributed by atoms with Gasteiger partial charge in [-0.1, -0.05) is 0 Å². The van der Waals surface area contributed by atoms with Gasteiger partial charge in [-0.15, -0.1) is 11.3 Å². The minimum Gasteiger partial charge on any atom is -0.397 e. The van der Waals surface area contributed by atoms with Gasteiger partial charge < -0.3 is 15.2 Å². The Kier molecular flexibility index (Phi) is 4.55. The molecule has 0 aliphatic rings. The predicted octanol–water partition coefficient (Wildman–Crippen LogP) is 3.75. The fraction of sp³-hybridized carbons (Fsp3) is 0.357. The van der Waals surface area contributed by atoms with E-state index >= 15 is 0 Å². The molecular formula is C14H18BrN3OS. The van der Waals surface area contributed by atoms with Crippen LogP contribution < -0.4 is 5.73 Å². The van der Waals surface area contributed by atoms with Gasteiger partial charge in [-0.2, -0.15) is 0 Å². The molecule has 0 spiro atoms. The molecular weight excluding hydrogens is 338 g/mol. The molecule has 6 heteroatoms. The van der Waals surface area contributed by atoms with Crippen LogP contribution in [0.15, 0.2) is 27.5 Å². The number of nitrogen functional groups attached to an aromatic ring is 1. The van der Waals surface area contributed by atoms with Crippen LogP contribution in [-0.4, -0.2) is 22.4 Å². The molecule has 0 aliphatic heterocycles. The lowest BCUT2D eigenvalue weighted by atomic mass is 10.3. The molecule has 0 saturated heterocycles. The first-order valence-corrected chi connectivity index (χ1v) is 8.01. The zero-order valence-electron chi connectivity index (χ0n) is 11.8. The molecule has 108 valence electrons. The number of aromatic nitrogens is 1. The fourth-order valence-electron chi connectivity index (χ4n) is 2.07. The highest BCUT2D eigenvalue weighted by Crippen LogP contribution is 2.23. The van der Waals surface area contributed by atoms with Crippen molar-refractivity contribution in [3.8, 4) is 0 Å². The summed E-state index contributed by atoms with van der Waals surface area (Å²) in [7, 11) is 1.81. The van der Waals surface area contributed by atoms with Crippen LogP contribution >= 0.6 is 27.3 Å². The SMILES string of the molecule is CC(C)n1cc(N)cc1C(=O)N(C)Cc1csc(Br)c1. The van der Waals surface area contributed by atoms with Crippen molar-refractivity contribution >= 4 is 38.9 Å². The second-order valence-electron chi connectivity index (χ2n) is 5.08. The second kappa shape index (κ2) is 6.01. The highest BCUT2D eigenvalue weighted by Gasteiger charge is 2.19. The lowest BCUT2D eigenvalue weighted by Gasteiger charge is -2.19. The first-order chi connectivity index (χ1) is 9.38. The number of hydrogen-bond donors (Lipinski definition) is 1. The van der Waals surface area contributed by atoms with Crippen LogP contribution in [0.1, 0.15) is 35.9 Å². The maximum atomic E-state index is 12.5. The molecule has 0 fully saturated rings. The van der Waals surface area contributed by atoms with E-state index in [1.54, 1.807) is 22.3 Å². The lowest BCUT2D eigenvalue weighted by molar-refractivity contribution is 0.0773. The average Bonchev–Trinajstić information content (AvgIpc) is 2.94. The number of anilines is 1. The van der Waals surface area contributed by atoms with Crippen molar-refractivity contribution in [3.05, 3.63) is 38.8 Å². The van der Waals surface area contributed by atoms with E-state index in [2.05, 4.69) is 15.9 Å². The summed E-state index contributed by atoms with van der Waals surface area (Å²) in [6.07, 6.45) is 1.81. The zero-order valence-corrected chi connectivity index (χ0v) is 14.2. The van der Waals surface area contributed by atoms with E-state index in [0.29, 0.717) is 17.9 Å². The number of nitrogens with two attached hydrogens (primary N) is 1. The molecule has 2 N–H and O–H groups in total. The van der Waals surface area contributed by atoms with E-state index in [4.69, 9.17) is 5.73 Å². The number of rotatable bonds is 4. The summed E-state index contributed by atoms with van der Waals surface area (Å²) in [6.45, 7) is 4.66. The van der Waals surface area contributed by atoms with E-state index in [0.717, 1.165) is 9.35 Å². The van der Waals surface area contributed by atoms with E-state index in [1.165, 1.54) is 0 Å². The van der Waals surface area contributed by atoms with Crippen molar-refractivity contribution in [2.75, 3.05) is 12.8 Å². The van der Waals surface area contributed by atoms with Crippen molar-refractivity contribution < 1.29 is 4.79 Å². The Hall–Kier alpha value is -1.27. The lowest BCUT2D eigenvalue weighted by Crippen LogP contribution is -2.28. The quantitative estimate of drug-likeness (QED) is 0.907. The Labute approximate surface area is 131 Å². The van der Waals surface area contributed by atoms with Gasteiger partial charge in [0.1, 0.15) is 5.69 Å². The first kappa shape index (κ1) is 15.1. The van der Waals surface area contributed by atoms with Gasteiger partial charge in [0.25, 0.3) is 5.91 Å². The third kappa shape index (κ3) is 3.24. The molecule has 2 heterocycles. The summed E-state index contributed by atoms with van der Waals surface area (Å²) in [5, 5.41) is 2.05. The highest BCUT2D eigenvalue weighted by atomic mass is 79.9. The van der Waals surface area contributed by atoms with Gasteiger partial charge >= 0.3 is 0 Å². The van der Waals surface area contributed by atoms with Crippen LogP contribution in [0.2, 0.25) is 0 Å². The zero-order chi connectivity index (χ0) is 14.9. The number of hydrogen-bond acceptors (Lipinski definition) is 3. The van der Waals surface area contributed by atoms with Crippen molar-refractivity contribution in [2.24, 2.45) is 0 Å². The van der Waals surface area contributed by atoms with E-state index in [9.17, 15) is 4.79 Å². The molecule has 20 heavy (non-hydrogen) atoms. The molecule has 0 aromatic carbocycles. The molecule has 0 unspecified atom stereocenters. The molecule has 0 saturated carbocycles. The molecule has 0 bridgehead atoms. The Morgan fingerprint density at radius 2 is 2.20 bits per heavy atom. The fourth-order valence-corrected chi connectivity index (χ4v) is 3.27. The topological polar surface area (TPSA) is 51.3 Å². The van der Waals surface area contributed by atoms with Crippen molar-refractivity contribution in [1.29, 1.82) is 0 Å². The summed E-state index contributed by atoms with van der Waals surface area (Å²) in [4.78, 5) is 14.2. The van der Waals surface area contributed by atoms with Crippen molar-refractivity contribution in [1.82, 2.24) is 9.47 Å². The molecule has 1 amide bonds. The van der Waals surface area contributed by atoms with Gasteiger partial charge in [-0.05, 0) is 52.9 Å². The van der Waals surface area contributed by atoms with Crippen LogP contribution in [0.5, 0.6) is 0 Å². The number of amides is 1. The Morgan fingerprint density at radius 3 is 2.75 bits per heavy atom. The standard InChI is InChI=1S/C14H18BrN3OS/c1-9(2)18-7-11(16)5-12(18)14(19)17(3)6-10-4-13(15)20-8-10/h4-5,7-9H,6,16H2,1-3H3. The normalized spacial score (nSPS) is 11.1. The van der Waals surface area contributed by atoms with Gasteiger partial charge in [0.15, 0.2) is 0 Å². The van der Waals surface area contributed by atoms with Gasteiger partial charge in [-0.25, -0.2) is 0 Å². The predicted molar refractivity (Wildman–Crippen MR) is 87.0 cm³/mol. The van der Waals surface area contributed by atoms with Crippen LogP contribution in [0, 0.1) is 0 Å². The number of carbonyl (C=O) groups excluding carboxylic acids is 1. The van der Waals surface area contributed by atoms with Gasteiger partial charge in [0.05, 0.1) is 9.47 Å². The summed E-state index contributed by atoms with van der Waals surface area (Å²) >= 11 is 5.05. The summed E-state index contributed by atoms with van der Waals surface area (Å²) < 4.78 is 2.99. The van der Waals surface area contributed by atoms with Gasteiger partial charge in [0.2, 0.25) is 0 Å². The Balaban J connectivity index is 2.18.